The number of aliphatic hydroxyl groups excluding tert-OH is 1. The van der Waals surface area contributed by atoms with Crippen molar-refractivity contribution in [1.82, 2.24) is 4.98 Å². The minimum Gasteiger partial charge on any atom is -0.507 e. The lowest BCUT2D eigenvalue weighted by Crippen LogP contribution is -1.96. The van der Waals surface area contributed by atoms with Gasteiger partial charge in [0, 0.05) is 5.56 Å². The molecule has 3 aromatic rings. The number of aliphatic hydroxyl groups is 1. The van der Waals surface area contributed by atoms with E-state index < -0.39 is 6.10 Å². The minimum absolute atomic E-state index is 0.102. The van der Waals surface area contributed by atoms with Gasteiger partial charge in [0.15, 0.2) is 5.76 Å². The first-order chi connectivity index (χ1) is 12.1. The number of methoxy groups -OCH3 is 1. The van der Waals surface area contributed by atoms with Crippen molar-refractivity contribution in [3.05, 3.63) is 54.4 Å². The fourth-order valence-electron chi connectivity index (χ4n) is 2.67. The van der Waals surface area contributed by atoms with Crippen LogP contribution in [-0.2, 0) is 0 Å². The second-order valence-electron chi connectivity index (χ2n) is 5.78. The first-order valence-corrected chi connectivity index (χ1v) is 8.25. The molecule has 0 saturated heterocycles. The van der Waals surface area contributed by atoms with Gasteiger partial charge < -0.3 is 19.4 Å². The molecule has 25 heavy (non-hydrogen) atoms. The van der Waals surface area contributed by atoms with Crippen LogP contribution in [0, 0.1) is 0 Å². The fourth-order valence-corrected chi connectivity index (χ4v) is 2.67. The average molecular weight is 339 g/mol. The molecule has 0 amide bonds. The molecule has 0 saturated carbocycles. The number of aromatic hydroxyl groups is 1. The van der Waals surface area contributed by atoms with Gasteiger partial charge in [-0.3, -0.25) is 0 Å². The largest absolute Gasteiger partial charge is 0.507 e. The molecule has 2 N–H and O–H groups in total. The van der Waals surface area contributed by atoms with Crippen molar-refractivity contribution in [2.24, 2.45) is 0 Å². The Morgan fingerprint density at radius 2 is 1.84 bits per heavy atom. The SMILES string of the molecule is CCCC(O)c1nc(-c2ccc(OC)cc2)c(-c2ccccc2O)o1. The molecule has 0 spiro atoms. The van der Waals surface area contributed by atoms with Gasteiger partial charge >= 0.3 is 0 Å². The van der Waals surface area contributed by atoms with Gasteiger partial charge in [-0.05, 0) is 42.8 Å². The van der Waals surface area contributed by atoms with Gasteiger partial charge in [-0.1, -0.05) is 25.5 Å². The van der Waals surface area contributed by atoms with Crippen LogP contribution in [0.3, 0.4) is 0 Å². The highest BCUT2D eigenvalue weighted by atomic mass is 16.5. The van der Waals surface area contributed by atoms with E-state index in [0.717, 1.165) is 17.7 Å². The summed E-state index contributed by atoms with van der Waals surface area (Å²) in [5.74, 6) is 1.53. The highest BCUT2D eigenvalue weighted by Gasteiger charge is 2.22. The van der Waals surface area contributed by atoms with Crippen LogP contribution in [-0.4, -0.2) is 22.3 Å². The molecule has 1 heterocycles. The zero-order valence-corrected chi connectivity index (χ0v) is 14.3. The van der Waals surface area contributed by atoms with Crippen LogP contribution in [0.5, 0.6) is 11.5 Å². The normalized spacial score (nSPS) is 12.1. The van der Waals surface area contributed by atoms with Crippen molar-refractivity contribution in [3.63, 3.8) is 0 Å². The van der Waals surface area contributed by atoms with Gasteiger partial charge in [0.1, 0.15) is 23.3 Å². The number of phenols is 1. The van der Waals surface area contributed by atoms with E-state index in [-0.39, 0.29) is 11.6 Å². The lowest BCUT2D eigenvalue weighted by molar-refractivity contribution is 0.134. The third-order valence-corrected chi connectivity index (χ3v) is 4.00. The Balaban J connectivity index is 2.12. The van der Waals surface area contributed by atoms with Crippen LogP contribution in [0.25, 0.3) is 22.6 Å². The molecule has 0 bridgehead atoms. The molecule has 0 aliphatic carbocycles. The Morgan fingerprint density at radius 1 is 1.12 bits per heavy atom. The van der Waals surface area contributed by atoms with E-state index in [1.807, 2.05) is 37.3 Å². The minimum atomic E-state index is -0.776. The van der Waals surface area contributed by atoms with Gasteiger partial charge in [0.25, 0.3) is 0 Å². The van der Waals surface area contributed by atoms with Crippen molar-refractivity contribution in [2.45, 2.75) is 25.9 Å². The fraction of sp³-hybridized carbons (Fsp3) is 0.250. The van der Waals surface area contributed by atoms with Crippen LogP contribution in [0.4, 0.5) is 0 Å². The number of hydrogen-bond donors (Lipinski definition) is 2. The number of hydrogen-bond acceptors (Lipinski definition) is 5. The standard InChI is InChI=1S/C20H21NO4/c1-3-6-17(23)20-21-18(13-9-11-14(24-2)12-10-13)19(25-20)15-7-4-5-8-16(15)22/h4-5,7-12,17,22-23H,3,6H2,1-2H3. The van der Waals surface area contributed by atoms with Crippen molar-refractivity contribution < 1.29 is 19.4 Å². The van der Waals surface area contributed by atoms with Gasteiger partial charge in [-0.2, -0.15) is 0 Å². The van der Waals surface area contributed by atoms with Gasteiger partial charge in [-0.15, -0.1) is 0 Å². The Labute approximate surface area is 146 Å². The zero-order chi connectivity index (χ0) is 17.8. The van der Waals surface area contributed by atoms with Crippen LogP contribution in [0.15, 0.2) is 52.9 Å². The molecular formula is C20H21NO4. The number of oxazole rings is 1. The molecule has 1 atom stereocenters. The summed E-state index contributed by atoms with van der Waals surface area (Å²) in [6, 6.07) is 14.3. The molecule has 0 aliphatic heterocycles. The lowest BCUT2D eigenvalue weighted by atomic mass is 10.1. The molecule has 0 fully saturated rings. The van der Waals surface area contributed by atoms with Crippen molar-refractivity contribution in [3.8, 4) is 34.1 Å². The Bertz CT molecular complexity index is 839. The number of para-hydroxylation sites is 1. The summed E-state index contributed by atoms with van der Waals surface area (Å²) in [5.41, 5.74) is 1.93. The average Bonchev–Trinajstić information content (AvgIpc) is 3.07. The van der Waals surface area contributed by atoms with E-state index in [9.17, 15) is 10.2 Å². The highest BCUT2D eigenvalue weighted by molar-refractivity contribution is 5.80. The topological polar surface area (TPSA) is 75.7 Å². The Kier molecular flexibility index (Phi) is 5.05. The predicted octanol–water partition coefficient (Wildman–Crippen LogP) is 4.56. The number of benzene rings is 2. The summed E-state index contributed by atoms with van der Waals surface area (Å²) in [7, 11) is 1.61. The molecular weight excluding hydrogens is 318 g/mol. The predicted molar refractivity (Wildman–Crippen MR) is 95.5 cm³/mol. The van der Waals surface area contributed by atoms with E-state index in [1.165, 1.54) is 0 Å². The quantitative estimate of drug-likeness (QED) is 0.689. The van der Waals surface area contributed by atoms with E-state index in [0.29, 0.717) is 23.4 Å². The molecule has 3 rings (SSSR count). The molecule has 0 radical (unpaired) electrons. The number of rotatable bonds is 6. The maximum atomic E-state index is 10.3. The number of phenolic OH excluding ortho intramolecular Hbond substituents is 1. The summed E-state index contributed by atoms with van der Waals surface area (Å²) in [6.07, 6.45) is 0.595. The number of aromatic nitrogens is 1. The second kappa shape index (κ2) is 7.40. The third-order valence-electron chi connectivity index (χ3n) is 4.00. The molecule has 1 aromatic heterocycles. The van der Waals surface area contributed by atoms with Gasteiger partial charge in [0.2, 0.25) is 5.89 Å². The second-order valence-corrected chi connectivity index (χ2v) is 5.78. The molecule has 2 aromatic carbocycles. The van der Waals surface area contributed by atoms with Crippen molar-refractivity contribution >= 4 is 0 Å². The van der Waals surface area contributed by atoms with E-state index in [2.05, 4.69) is 4.98 Å². The Morgan fingerprint density at radius 3 is 2.48 bits per heavy atom. The Hall–Kier alpha value is -2.79. The maximum Gasteiger partial charge on any atom is 0.224 e. The van der Waals surface area contributed by atoms with E-state index in [1.54, 1.807) is 25.3 Å². The maximum absolute atomic E-state index is 10.3. The molecule has 5 heteroatoms. The summed E-state index contributed by atoms with van der Waals surface area (Å²) in [5, 5.41) is 20.5. The van der Waals surface area contributed by atoms with Gasteiger partial charge in [-0.25, -0.2) is 4.98 Å². The first kappa shape index (κ1) is 17.0. The van der Waals surface area contributed by atoms with E-state index in [4.69, 9.17) is 9.15 Å². The summed E-state index contributed by atoms with van der Waals surface area (Å²) < 4.78 is 11.0. The molecule has 5 nitrogen and oxygen atoms in total. The van der Waals surface area contributed by atoms with Crippen LogP contribution < -0.4 is 4.74 Å². The van der Waals surface area contributed by atoms with Crippen LogP contribution in [0.2, 0.25) is 0 Å². The van der Waals surface area contributed by atoms with Crippen LogP contribution in [0.1, 0.15) is 31.8 Å². The van der Waals surface area contributed by atoms with Crippen molar-refractivity contribution in [1.29, 1.82) is 0 Å². The summed E-state index contributed by atoms with van der Waals surface area (Å²) >= 11 is 0. The first-order valence-electron chi connectivity index (χ1n) is 8.25. The highest BCUT2D eigenvalue weighted by Crippen LogP contribution is 2.39. The van der Waals surface area contributed by atoms with Gasteiger partial charge in [0.05, 0.1) is 12.7 Å². The molecule has 0 aliphatic rings. The molecule has 1 unspecified atom stereocenters. The number of nitrogens with zero attached hydrogens (tertiary/aromatic N) is 1. The van der Waals surface area contributed by atoms with Crippen molar-refractivity contribution in [2.75, 3.05) is 7.11 Å². The van der Waals surface area contributed by atoms with E-state index >= 15 is 0 Å². The lowest BCUT2D eigenvalue weighted by Gasteiger charge is -2.05. The zero-order valence-electron chi connectivity index (χ0n) is 14.3. The summed E-state index contributed by atoms with van der Waals surface area (Å²) in [6.45, 7) is 1.99. The molecule has 130 valence electrons. The number of ether oxygens (including phenoxy) is 1. The summed E-state index contributed by atoms with van der Waals surface area (Å²) in [4.78, 5) is 4.50. The third kappa shape index (κ3) is 3.51. The smallest absolute Gasteiger partial charge is 0.224 e. The van der Waals surface area contributed by atoms with Crippen LogP contribution >= 0.6 is 0 Å². The monoisotopic (exact) mass is 339 g/mol.